The van der Waals surface area contributed by atoms with Crippen molar-refractivity contribution in [2.45, 2.75) is 31.9 Å². The first-order valence-electron chi connectivity index (χ1n) is 7.87. The van der Waals surface area contributed by atoms with E-state index in [0.717, 1.165) is 48.1 Å². The summed E-state index contributed by atoms with van der Waals surface area (Å²) in [6.07, 6.45) is -2.18. The molecule has 0 spiro atoms. The van der Waals surface area contributed by atoms with Crippen molar-refractivity contribution >= 4 is 10.9 Å². The predicted molar refractivity (Wildman–Crippen MR) is 79.9 cm³/mol. The SMILES string of the molecule is C[C@H]1c2c([nH]c3ccc(C(F)(F)F)cc23)C[C@H]2CCNCC21. The van der Waals surface area contributed by atoms with E-state index in [1.54, 1.807) is 6.07 Å². The van der Waals surface area contributed by atoms with E-state index in [9.17, 15) is 13.2 Å². The molecule has 118 valence electrons. The van der Waals surface area contributed by atoms with Gasteiger partial charge in [-0.15, -0.1) is 0 Å². The number of benzene rings is 1. The number of fused-ring (bicyclic) bond motifs is 4. The lowest BCUT2D eigenvalue weighted by Crippen LogP contribution is -2.42. The monoisotopic (exact) mass is 308 g/mol. The summed E-state index contributed by atoms with van der Waals surface area (Å²) in [7, 11) is 0. The Morgan fingerprint density at radius 3 is 2.82 bits per heavy atom. The molecular weight excluding hydrogens is 289 g/mol. The third kappa shape index (κ3) is 2.06. The molecule has 2 heterocycles. The molecule has 0 radical (unpaired) electrons. The highest BCUT2D eigenvalue weighted by Crippen LogP contribution is 2.45. The molecule has 1 fully saturated rings. The molecule has 3 atom stereocenters. The fourth-order valence-electron chi connectivity index (χ4n) is 4.38. The average molecular weight is 308 g/mol. The molecule has 5 heteroatoms. The molecular formula is C17H19F3N2. The molecule has 2 aliphatic rings. The number of piperidine rings is 1. The lowest BCUT2D eigenvalue weighted by Gasteiger charge is -2.40. The molecule has 1 unspecified atom stereocenters. The quantitative estimate of drug-likeness (QED) is 0.754. The number of aromatic amines is 1. The van der Waals surface area contributed by atoms with Crippen molar-refractivity contribution in [3.63, 3.8) is 0 Å². The Labute approximate surface area is 127 Å². The third-order valence-electron chi connectivity index (χ3n) is 5.49. The first kappa shape index (κ1) is 14.1. The molecule has 4 rings (SSSR count). The van der Waals surface area contributed by atoms with Crippen LogP contribution in [0.2, 0.25) is 0 Å². The fraction of sp³-hybridized carbons (Fsp3) is 0.529. The summed E-state index contributed by atoms with van der Waals surface area (Å²) < 4.78 is 39.0. The van der Waals surface area contributed by atoms with Gasteiger partial charge in [-0.3, -0.25) is 0 Å². The van der Waals surface area contributed by atoms with Crippen molar-refractivity contribution in [3.8, 4) is 0 Å². The van der Waals surface area contributed by atoms with Crippen LogP contribution >= 0.6 is 0 Å². The van der Waals surface area contributed by atoms with Gasteiger partial charge >= 0.3 is 6.18 Å². The summed E-state index contributed by atoms with van der Waals surface area (Å²) >= 11 is 0. The van der Waals surface area contributed by atoms with Crippen LogP contribution in [0.4, 0.5) is 13.2 Å². The van der Waals surface area contributed by atoms with Crippen molar-refractivity contribution in [2.75, 3.05) is 13.1 Å². The molecule has 2 N–H and O–H groups in total. The van der Waals surface area contributed by atoms with Gasteiger partial charge in [0, 0.05) is 16.6 Å². The van der Waals surface area contributed by atoms with Crippen molar-refractivity contribution in [3.05, 3.63) is 35.0 Å². The number of alkyl halides is 3. The zero-order valence-corrected chi connectivity index (χ0v) is 12.4. The van der Waals surface area contributed by atoms with E-state index in [-0.39, 0.29) is 0 Å². The number of rotatable bonds is 0. The number of hydrogen-bond acceptors (Lipinski definition) is 1. The maximum absolute atomic E-state index is 13.0. The summed E-state index contributed by atoms with van der Waals surface area (Å²) in [6, 6.07) is 4.06. The van der Waals surface area contributed by atoms with Crippen LogP contribution in [-0.4, -0.2) is 18.1 Å². The highest BCUT2D eigenvalue weighted by Gasteiger charge is 2.38. The standard InChI is InChI=1S/C17H19F3N2/c1-9-13-8-21-5-4-10(13)6-15-16(9)12-7-11(17(18,19)20)2-3-14(12)22-15/h2-3,7,9-10,13,21-22H,4-6,8H2,1H3/t9-,10-,13?/m1/s1. The topological polar surface area (TPSA) is 27.8 Å². The van der Waals surface area contributed by atoms with Crippen LogP contribution in [0.1, 0.15) is 36.1 Å². The summed E-state index contributed by atoms with van der Waals surface area (Å²) in [4.78, 5) is 3.37. The van der Waals surface area contributed by atoms with Crippen molar-refractivity contribution in [2.24, 2.45) is 11.8 Å². The van der Waals surface area contributed by atoms with E-state index in [2.05, 4.69) is 17.2 Å². The largest absolute Gasteiger partial charge is 0.416 e. The molecule has 2 aromatic rings. The number of nitrogens with one attached hydrogen (secondary N) is 2. The highest BCUT2D eigenvalue weighted by molar-refractivity contribution is 5.86. The van der Waals surface area contributed by atoms with Crippen molar-refractivity contribution < 1.29 is 13.2 Å². The lowest BCUT2D eigenvalue weighted by atomic mass is 9.68. The van der Waals surface area contributed by atoms with Crippen LogP contribution in [0, 0.1) is 11.8 Å². The number of hydrogen-bond donors (Lipinski definition) is 2. The Kier molecular flexibility index (Phi) is 3.05. The first-order chi connectivity index (χ1) is 10.4. The van der Waals surface area contributed by atoms with Crippen LogP contribution in [0.5, 0.6) is 0 Å². The van der Waals surface area contributed by atoms with Crippen LogP contribution < -0.4 is 5.32 Å². The van der Waals surface area contributed by atoms with Gasteiger partial charge in [0.15, 0.2) is 0 Å². The van der Waals surface area contributed by atoms with E-state index in [1.165, 1.54) is 12.1 Å². The zero-order chi connectivity index (χ0) is 15.5. The highest BCUT2D eigenvalue weighted by atomic mass is 19.4. The van der Waals surface area contributed by atoms with Crippen LogP contribution in [0.25, 0.3) is 10.9 Å². The smallest absolute Gasteiger partial charge is 0.358 e. The summed E-state index contributed by atoms with van der Waals surface area (Å²) in [5, 5.41) is 4.18. The molecule has 1 aromatic heterocycles. The maximum Gasteiger partial charge on any atom is 0.416 e. The molecule has 22 heavy (non-hydrogen) atoms. The third-order valence-corrected chi connectivity index (χ3v) is 5.49. The van der Waals surface area contributed by atoms with Gasteiger partial charge in [-0.25, -0.2) is 0 Å². The van der Waals surface area contributed by atoms with E-state index >= 15 is 0 Å². The van der Waals surface area contributed by atoms with Crippen molar-refractivity contribution in [1.82, 2.24) is 10.3 Å². The van der Waals surface area contributed by atoms with Crippen LogP contribution in [-0.2, 0) is 12.6 Å². The summed E-state index contributed by atoms with van der Waals surface area (Å²) in [5.74, 6) is 1.45. The van der Waals surface area contributed by atoms with E-state index in [0.29, 0.717) is 17.8 Å². The minimum absolute atomic E-state index is 0.291. The van der Waals surface area contributed by atoms with Crippen LogP contribution in [0.15, 0.2) is 18.2 Å². The average Bonchev–Trinajstić information content (AvgIpc) is 2.84. The second-order valence-corrected chi connectivity index (χ2v) is 6.68. The molecule has 1 aromatic carbocycles. The number of aromatic nitrogens is 1. The first-order valence-corrected chi connectivity index (χ1v) is 7.87. The lowest BCUT2D eigenvalue weighted by molar-refractivity contribution is -0.137. The Morgan fingerprint density at radius 2 is 2.05 bits per heavy atom. The van der Waals surface area contributed by atoms with E-state index in [1.807, 2.05) is 0 Å². The summed E-state index contributed by atoms with van der Waals surface area (Å²) in [5.41, 5.74) is 2.52. The number of H-pyrrole nitrogens is 1. The Morgan fingerprint density at radius 1 is 1.23 bits per heavy atom. The molecule has 0 bridgehead atoms. The van der Waals surface area contributed by atoms with Crippen LogP contribution in [0.3, 0.4) is 0 Å². The van der Waals surface area contributed by atoms with Gasteiger partial charge in [-0.2, -0.15) is 13.2 Å². The molecule has 2 nitrogen and oxygen atoms in total. The molecule has 1 aliphatic carbocycles. The summed E-state index contributed by atoms with van der Waals surface area (Å²) in [6.45, 7) is 4.18. The maximum atomic E-state index is 13.0. The normalized spacial score (nSPS) is 28.5. The fourth-order valence-corrected chi connectivity index (χ4v) is 4.38. The molecule has 0 saturated carbocycles. The second kappa shape index (κ2) is 4.75. The minimum Gasteiger partial charge on any atom is -0.358 e. The van der Waals surface area contributed by atoms with Gasteiger partial charge in [0.1, 0.15) is 0 Å². The number of halogens is 3. The van der Waals surface area contributed by atoms with Gasteiger partial charge in [-0.05, 0) is 67.4 Å². The Hall–Kier alpha value is -1.49. The van der Waals surface area contributed by atoms with E-state index in [4.69, 9.17) is 0 Å². The molecule has 1 aliphatic heterocycles. The van der Waals surface area contributed by atoms with Gasteiger partial charge in [0.05, 0.1) is 5.56 Å². The second-order valence-electron chi connectivity index (χ2n) is 6.68. The molecule has 1 saturated heterocycles. The minimum atomic E-state index is -4.29. The van der Waals surface area contributed by atoms with Gasteiger partial charge in [-0.1, -0.05) is 6.92 Å². The zero-order valence-electron chi connectivity index (χ0n) is 12.4. The molecule has 0 amide bonds. The van der Waals surface area contributed by atoms with Gasteiger partial charge < -0.3 is 10.3 Å². The Bertz CT molecular complexity index is 716. The van der Waals surface area contributed by atoms with Crippen molar-refractivity contribution in [1.29, 1.82) is 0 Å². The van der Waals surface area contributed by atoms with E-state index < -0.39 is 11.7 Å². The van der Waals surface area contributed by atoms with Gasteiger partial charge in [0.25, 0.3) is 0 Å². The van der Waals surface area contributed by atoms with Gasteiger partial charge in [0.2, 0.25) is 0 Å². The Balaban J connectivity index is 1.86. The predicted octanol–water partition coefficient (Wildman–Crippen LogP) is 4.07.